The van der Waals surface area contributed by atoms with Gasteiger partial charge in [0.1, 0.15) is 17.8 Å². The first-order chi connectivity index (χ1) is 13.5. The van der Waals surface area contributed by atoms with E-state index in [-0.39, 0.29) is 11.6 Å². The van der Waals surface area contributed by atoms with Crippen molar-refractivity contribution < 1.29 is 19.0 Å². The van der Waals surface area contributed by atoms with E-state index in [1.165, 1.54) is 6.33 Å². The lowest BCUT2D eigenvalue weighted by Crippen LogP contribution is -2.27. The predicted octanol–water partition coefficient (Wildman–Crippen LogP) is 1.93. The molecule has 0 aliphatic heterocycles. The Morgan fingerprint density at radius 3 is 2.29 bits per heavy atom. The molecule has 0 bridgehead atoms. The van der Waals surface area contributed by atoms with Crippen LogP contribution in [0, 0.1) is 0 Å². The van der Waals surface area contributed by atoms with Crippen molar-refractivity contribution in [2.75, 3.05) is 53.8 Å². The Kier molecular flexibility index (Phi) is 7.82. The molecule has 0 saturated heterocycles. The number of anilines is 2. The second-order valence-corrected chi connectivity index (χ2v) is 6.24. The summed E-state index contributed by atoms with van der Waals surface area (Å²) >= 11 is 0. The van der Waals surface area contributed by atoms with Gasteiger partial charge >= 0.3 is 0 Å². The monoisotopic (exact) mass is 389 g/mol. The fourth-order valence-electron chi connectivity index (χ4n) is 2.54. The maximum absolute atomic E-state index is 12.3. The van der Waals surface area contributed by atoms with Crippen LogP contribution in [0.25, 0.3) is 0 Å². The number of nitrogens with zero attached hydrogens (tertiary/aromatic N) is 3. The normalized spacial score (nSPS) is 10.5. The summed E-state index contributed by atoms with van der Waals surface area (Å²) < 4.78 is 16.0. The van der Waals surface area contributed by atoms with Gasteiger partial charge in [-0.25, -0.2) is 9.97 Å². The lowest BCUT2D eigenvalue weighted by Gasteiger charge is -2.15. The summed E-state index contributed by atoms with van der Waals surface area (Å²) in [5, 5.41) is 5.99. The summed E-state index contributed by atoms with van der Waals surface area (Å²) in [6.07, 6.45) is 2.20. The smallest absolute Gasteiger partial charge is 0.270 e. The standard InChI is InChI=1S/C19H27N5O4/c1-24(2)8-6-7-20-19(25)14-11-17(22-12-21-14)23-13-9-15(26-3)18(28-5)16(10-13)27-4/h9-12H,6-8H2,1-5H3,(H,20,25)(H,21,22,23). The van der Waals surface area contributed by atoms with Crippen molar-refractivity contribution in [3.63, 3.8) is 0 Å². The molecule has 0 fully saturated rings. The number of ether oxygens (including phenoxy) is 3. The molecule has 1 aromatic carbocycles. The van der Waals surface area contributed by atoms with Gasteiger partial charge in [-0.05, 0) is 27.1 Å². The fraction of sp³-hybridized carbons (Fsp3) is 0.421. The molecule has 28 heavy (non-hydrogen) atoms. The summed E-state index contributed by atoms with van der Waals surface area (Å²) in [4.78, 5) is 22.6. The van der Waals surface area contributed by atoms with Crippen molar-refractivity contribution in [1.29, 1.82) is 0 Å². The third kappa shape index (κ3) is 5.71. The summed E-state index contributed by atoms with van der Waals surface area (Å²) in [7, 11) is 8.62. The molecule has 1 aromatic heterocycles. The van der Waals surface area contributed by atoms with Gasteiger partial charge in [0.15, 0.2) is 11.5 Å². The number of rotatable bonds is 10. The van der Waals surface area contributed by atoms with Crippen LogP contribution in [0.5, 0.6) is 17.2 Å². The Bertz CT molecular complexity index is 773. The average molecular weight is 389 g/mol. The van der Waals surface area contributed by atoms with E-state index in [0.29, 0.717) is 35.3 Å². The van der Waals surface area contributed by atoms with Crippen molar-refractivity contribution in [3.05, 3.63) is 30.2 Å². The first-order valence-electron chi connectivity index (χ1n) is 8.80. The topological polar surface area (TPSA) is 97.8 Å². The molecule has 152 valence electrons. The molecular weight excluding hydrogens is 362 g/mol. The number of hydrogen-bond acceptors (Lipinski definition) is 8. The number of amides is 1. The zero-order valence-corrected chi connectivity index (χ0v) is 16.9. The summed E-state index contributed by atoms with van der Waals surface area (Å²) in [5.41, 5.74) is 0.959. The lowest BCUT2D eigenvalue weighted by atomic mass is 10.2. The minimum Gasteiger partial charge on any atom is -0.493 e. The molecule has 0 saturated carbocycles. The largest absolute Gasteiger partial charge is 0.493 e. The lowest BCUT2D eigenvalue weighted by molar-refractivity contribution is 0.0947. The van der Waals surface area contributed by atoms with E-state index in [9.17, 15) is 4.79 Å². The Morgan fingerprint density at radius 2 is 1.71 bits per heavy atom. The number of methoxy groups -OCH3 is 3. The van der Waals surface area contributed by atoms with Crippen molar-refractivity contribution in [1.82, 2.24) is 20.2 Å². The van der Waals surface area contributed by atoms with Crippen LogP contribution >= 0.6 is 0 Å². The van der Waals surface area contributed by atoms with Crippen LogP contribution in [-0.2, 0) is 0 Å². The van der Waals surface area contributed by atoms with Gasteiger partial charge < -0.3 is 29.7 Å². The Hall–Kier alpha value is -3.07. The maximum Gasteiger partial charge on any atom is 0.270 e. The Labute approximate surface area is 165 Å². The first kappa shape index (κ1) is 21.2. The minimum absolute atomic E-state index is 0.242. The van der Waals surface area contributed by atoms with Crippen LogP contribution in [0.1, 0.15) is 16.9 Å². The third-order valence-corrected chi connectivity index (χ3v) is 3.90. The molecule has 2 aromatic rings. The first-order valence-corrected chi connectivity index (χ1v) is 8.80. The van der Waals surface area contributed by atoms with Crippen molar-refractivity contribution >= 4 is 17.4 Å². The number of carbonyl (C=O) groups excluding carboxylic acids is 1. The number of aromatic nitrogens is 2. The van der Waals surface area contributed by atoms with Crippen molar-refractivity contribution in [3.8, 4) is 17.2 Å². The number of hydrogen-bond donors (Lipinski definition) is 2. The van der Waals surface area contributed by atoms with Crippen LogP contribution in [0.15, 0.2) is 24.5 Å². The van der Waals surface area contributed by atoms with Crippen LogP contribution in [0.4, 0.5) is 11.5 Å². The number of nitrogens with one attached hydrogen (secondary N) is 2. The predicted molar refractivity (Wildman–Crippen MR) is 107 cm³/mol. The molecular formula is C19H27N5O4. The molecule has 0 radical (unpaired) electrons. The molecule has 0 spiro atoms. The van der Waals surface area contributed by atoms with E-state index in [0.717, 1.165) is 13.0 Å². The molecule has 2 N–H and O–H groups in total. The summed E-state index contributed by atoms with van der Waals surface area (Å²) in [6, 6.07) is 5.10. The molecule has 9 heteroatoms. The van der Waals surface area contributed by atoms with E-state index < -0.39 is 0 Å². The zero-order valence-electron chi connectivity index (χ0n) is 16.9. The molecule has 1 amide bonds. The maximum atomic E-state index is 12.3. The van der Waals surface area contributed by atoms with Crippen molar-refractivity contribution in [2.45, 2.75) is 6.42 Å². The molecule has 0 aliphatic rings. The second-order valence-electron chi connectivity index (χ2n) is 6.24. The summed E-state index contributed by atoms with van der Waals surface area (Å²) in [5.74, 6) is 1.75. The highest BCUT2D eigenvalue weighted by atomic mass is 16.5. The highest BCUT2D eigenvalue weighted by Gasteiger charge is 2.14. The molecule has 0 aliphatic carbocycles. The second kappa shape index (κ2) is 10.3. The van der Waals surface area contributed by atoms with E-state index in [1.807, 2.05) is 14.1 Å². The number of benzene rings is 1. The van der Waals surface area contributed by atoms with E-state index in [4.69, 9.17) is 14.2 Å². The van der Waals surface area contributed by atoms with Crippen LogP contribution in [-0.4, -0.2) is 69.3 Å². The quantitative estimate of drug-likeness (QED) is 0.595. The van der Waals surface area contributed by atoms with Gasteiger partial charge in [0.25, 0.3) is 5.91 Å². The van der Waals surface area contributed by atoms with Crippen molar-refractivity contribution in [2.24, 2.45) is 0 Å². The highest BCUT2D eigenvalue weighted by Crippen LogP contribution is 2.40. The molecule has 1 heterocycles. The Morgan fingerprint density at radius 1 is 1.04 bits per heavy atom. The van der Waals surface area contributed by atoms with Gasteiger partial charge in [-0.1, -0.05) is 0 Å². The van der Waals surface area contributed by atoms with Crippen LogP contribution in [0.3, 0.4) is 0 Å². The number of carbonyl (C=O) groups is 1. The molecule has 2 rings (SSSR count). The molecule has 0 atom stereocenters. The Balaban J connectivity index is 2.11. The van der Waals surface area contributed by atoms with Gasteiger partial charge in [0, 0.05) is 30.4 Å². The van der Waals surface area contributed by atoms with Gasteiger partial charge in [-0.15, -0.1) is 0 Å². The van der Waals surface area contributed by atoms with E-state index >= 15 is 0 Å². The van der Waals surface area contributed by atoms with E-state index in [2.05, 4.69) is 25.5 Å². The summed E-state index contributed by atoms with van der Waals surface area (Å²) in [6.45, 7) is 1.48. The highest BCUT2D eigenvalue weighted by molar-refractivity contribution is 5.93. The zero-order chi connectivity index (χ0) is 20.5. The van der Waals surface area contributed by atoms with Gasteiger partial charge in [0.05, 0.1) is 21.3 Å². The third-order valence-electron chi connectivity index (χ3n) is 3.90. The van der Waals surface area contributed by atoms with E-state index in [1.54, 1.807) is 39.5 Å². The average Bonchev–Trinajstić information content (AvgIpc) is 2.70. The molecule has 0 unspecified atom stereocenters. The molecule has 9 nitrogen and oxygen atoms in total. The van der Waals surface area contributed by atoms with Gasteiger partial charge in [-0.3, -0.25) is 4.79 Å². The van der Waals surface area contributed by atoms with Crippen LogP contribution in [0.2, 0.25) is 0 Å². The SMILES string of the molecule is COc1cc(Nc2cc(C(=O)NCCCN(C)C)ncn2)cc(OC)c1OC. The van der Waals surface area contributed by atoms with Gasteiger partial charge in [0.2, 0.25) is 5.75 Å². The minimum atomic E-state index is -0.242. The van der Waals surface area contributed by atoms with Crippen LogP contribution < -0.4 is 24.8 Å². The van der Waals surface area contributed by atoms with Gasteiger partial charge in [-0.2, -0.15) is 0 Å². The fourth-order valence-corrected chi connectivity index (χ4v) is 2.54.